The number of unbranched alkanes of at least 4 members (excludes halogenated alkanes) is 3. The number of carbonyl (C=O) groups excluding carboxylic acids is 3. The van der Waals surface area contributed by atoms with Gasteiger partial charge in [0.15, 0.2) is 0 Å². The number of likely N-dealkylation sites (tertiary alicyclic amines) is 1. The second-order valence-corrected chi connectivity index (χ2v) is 7.96. The Kier molecular flexibility index (Phi) is 9.31. The van der Waals surface area contributed by atoms with Crippen LogP contribution in [0.3, 0.4) is 0 Å². The maximum atomic E-state index is 12.4. The van der Waals surface area contributed by atoms with Crippen LogP contribution in [0.5, 0.6) is 0 Å². The first kappa shape index (κ1) is 21.4. The molecule has 0 spiro atoms. The Morgan fingerprint density at radius 1 is 1.19 bits per heavy atom. The van der Waals surface area contributed by atoms with Crippen LogP contribution < -0.4 is 10.6 Å². The number of nitrogens with one attached hydrogen (secondary N) is 2. The van der Waals surface area contributed by atoms with E-state index in [0.717, 1.165) is 32.2 Å². The summed E-state index contributed by atoms with van der Waals surface area (Å²) >= 11 is 1.38. The highest BCUT2D eigenvalue weighted by molar-refractivity contribution is 7.12. The molecule has 3 amide bonds. The fraction of sp³-hybridized carbons (Fsp3) is 0.650. The molecule has 1 saturated heterocycles. The second kappa shape index (κ2) is 11.7. The number of rotatable bonds is 10. The van der Waals surface area contributed by atoms with E-state index in [4.69, 9.17) is 0 Å². The van der Waals surface area contributed by atoms with Gasteiger partial charge in [0.25, 0.3) is 5.91 Å². The average Bonchev–Trinajstić information content (AvgIpc) is 3.22. The predicted octanol–water partition coefficient (Wildman–Crippen LogP) is 2.80. The van der Waals surface area contributed by atoms with Crippen LogP contribution in [-0.4, -0.2) is 48.8 Å². The van der Waals surface area contributed by atoms with Gasteiger partial charge in [-0.1, -0.05) is 32.3 Å². The predicted molar refractivity (Wildman–Crippen MR) is 108 cm³/mol. The number of hydrogen-bond acceptors (Lipinski definition) is 4. The molecule has 0 aromatic carbocycles. The summed E-state index contributed by atoms with van der Waals surface area (Å²) in [5.41, 5.74) is 0. The standard InChI is InChI=1S/C20H31N3O3S/c1-2-3-4-5-11-21-19(25)16-8-6-13-23(15-16)18(24)10-12-22-20(26)17-9-7-14-27-17/h7,9,14,16H,2-6,8,10-13,15H2,1H3,(H,21,25)(H,22,26). The normalized spacial score (nSPS) is 16.8. The minimum atomic E-state index is -0.142. The third-order valence-electron chi connectivity index (χ3n) is 4.84. The summed E-state index contributed by atoms with van der Waals surface area (Å²) in [5.74, 6) is -0.191. The van der Waals surface area contributed by atoms with Crippen molar-refractivity contribution in [3.8, 4) is 0 Å². The van der Waals surface area contributed by atoms with Crippen molar-refractivity contribution in [2.45, 2.75) is 51.9 Å². The lowest BCUT2D eigenvalue weighted by Gasteiger charge is -2.32. The summed E-state index contributed by atoms with van der Waals surface area (Å²) in [6.45, 7) is 4.38. The van der Waals surface area contributed by atoms with Crippen molar-refractivity contribution in [2.75, 3.05) is 26.2 Å². The van der Waals surface area contributed by atoms with Crippen molar-refractivity contribution < 1.29 is 14.4 Å². The summed E-state index contributed by atoms with van der Waals surface area (Å²) in [5, 5.41) is 7.64. The van der Waals surface area contributed by atoms with Gasteiger partial charge in [-0.05, 0) is 30.7 Å². The molecule has 1 atom stereocenters. The van der Waals surface area contributed by atoms with Crippen LogP contribution in [0.1, 0.15) is 61.5 Å². The Morgan fingerprint density at radius 2 is 2.04 bits per heavy atom. The molecule has 0 saturated carbocycles. The molecule has 0 aliphatic carbocycles. The Morgan fingerprint density at radius 3 is 2.78 bits per heavy atom. The van der Waals surface area contributed by atoms with E-state index in [1.807, 2.05) is 11.4 Å². The minimum absolute atomic E-state index is 0.00178. The maximum Gasteiger partial charge on any atom is 0.261 e. The summed E-state index contributed by atoms with van der Waals surface area (Å²) < 4.78 is 0. The molecule has 2 rings (SSSR count). The largest absolute Gasteiger partial charge is 0.356 e. The van der Waals surface area contributed by atoms with E-state index in [9.17, 15) is 14.4 Å². The average molecular weight is 394 g/mol. The van der Waals surface area contributed by atoms with Crippen LogP contribution in [0.15, 0.2) is 17.5 Å². The smallest absolute Gasteiger partial charge is 0.261 e. The summed E-state index contributed by atoms with van der Waals surface area (Å²) in [4.78, 5) is 39.0. The lowest BCUT2D eigenvalue weighted by atomic mass is 9.96. The van der Waals surface area contributed by atoms with E-state index in [2.05, 4.69) is 17.6 Å². The topological polar surface area (TPSA) is 78.5 Å². The van der Waals surface area contributed by atoms with Crippen LogP contribution in [0.4, 0.5) is 0 Å². The van der Waals surface area contributed by atoms with Gasteiger partial charge in [0.1, 0.15) is 0 Å². The Labute approximate surface area is 165 Å². The molecule has 1 aliphatic heterocycles. The highest BCUT2D eigenvalue weighted by atomic mass is 32.1. The highest BCUT2D eigenvalue weighted by Crippen LogP contribution is 2.17. The van der Waals surface area contributed by atoms with E-state index in [1.54, 1.807) is 11.0 Å². The lowest BCUT2D eigenvalue weighted by molar-refractivity contribution is -0.135. The zero-order chi connectivity index (χ0) is 19.5. The zero-order valence-corrected chi connectivity index (χ0v) is 17.0. The summed E-state index contributed by atoms with van der Waals surface area (Å²) in [7, 11) is 0. The molecule has 1 fully saturated rings. The minimum Gasteiger partial charge on any atom is -0.356 e. The molecule has 1 unspecified atom stereocenters. The van der Waals surface area contributed by atoms with Crippen molar-refractivity contribution in [2.24, 2.45) is 5.92 Å². The van der Waals surface area contributed by atoms with Crippen LogP contribution in [0.25, 0.3) is 0 Å². The Hall–Kier alpha value is -1.89. The van der Waals surface area contributed by atoms with Crippen LogP contribution >= 0.6 is 11.3 Å². The molecule has 7 heteroatoms. The van der Waals surface area contributed by atoms with Gasteiger partial charge >= 0.3 is 0 Å². The molecule has 1 aromatic heterocycles. The number of carbonyl (C=O) groups is 3. The summed E-state index contributed by atoms with van der Waals surface area (Å²) in [6, 6.07) is 3.59. The fourth-order valence-corrected chi connectivity index (χ4v) is 3.90. The molecule has 27 heavy (non-hydrogen) atoms. The van der Waals surface area contributed by atoms with E-state index in [-0.39, 0.29) is 30.1 Å². The monoisotopic (exact) mass is 393 g/mol. The quantitative estimate of drug-likeness (QED) is 0.600. The van der Waals surface area contributed by atoms with Crippen LogP contribution in [0, 0.1) is 5.92 Å². The van der Waals surface area contributed by atoms with E-state index < -0.39 is 0 Å². The first-order valence-electron chi connectivity index (χ1n) is 9.99. The van der Waals surface area contributed by atoms with Gasteiger partial charge in [-0.25, -0.2) is 0 Å². The van der Waals surface area contributed by atoms with Crippen molar-refractivity contribution in [3.63, 3.8) is 0 Å². The molecule has 6 nitrogen and oxygen atoms in total. The van der Waals surface area contributed by atoms with Crippen LogP contribution in [-0.2, 0) is 9.59 Å². The van der Waals surface area contributed by atoms with Gasteiger partial charge < -0.3 is 15.5 Å². The van der Waals surface area contributed by atoms with E-state index in [1.165, 1.54) is 24.2 Å². The van der Waals surface area contributed by atoms with Crippen molar-refractivity contribution >= 4 is 29.1 Å². The molecule has 1 aromatic rings. The molecule has 0 radical (unpaired) electrons. The van der Waals surface area contributed by atoms with Crippen molar-refractivity contribution in [1.29, 1.82) is 0 Å². The van der Waals surface area contributed by atoms with Gasteiger partial charge in [0, 0.05) is 32.6 Å². The number of amides is 3. The van der Waals surface area contributed by atoms with Gasteiger partial charge in [0.05, 0.1) is 10.8 Å². The molecule has 2 heterocycles. The Bertz CT molecular complexity index is 604. The molecular formula is C20H31N3O3S. The SMILES string of the molecule is CCCCCCNC(=O)C1CCCN(C(=O)CCNC(=O)c2cccs2)C1. The third-order valence-corrected chi connectivity index (χ3v) is 5.71. The number of nitrogens with zero attached hydrogens (tertiary/aromatic N) is 1. The second-order valence-electron chi connectivity index (χ2n) is 7.01. The molecule has 2 N–H and O–H groups in total. The van der Waals surface area contributed by atoms with Gasteiger partial charge in [-0.3, -0.25) is 14.4 Å². The zero-order valence-electron chi connectivity index (χ0n) is 16.2. The number of thiophene rings is 1. The van der Waals surface area contributed by atoms with Crippen molar-refractivity contribution in [1.82, 2.24) is 15.5 Å². The molecule has 150 valence electrons. The van der Waals surface area contributed by atoms with E-state index in [0.29, 0.717) is 24.5 Å². The number of piperidine rings is 1. The first-order valence-corrected chi connectivity index (χ1v) is 10.9. The van der Waals surface area contributed by atoms with Gasteiger partial charge in [-0.2, -0.15) is 0 Å². The lowest BCUT2D eigenvalue weighted by Crippen LogP contribution is -2.46. The summed E-state index contributed by atoms with van der Waals surface area (Å²) in [6.07, 6.45) is 6.48. The van der Waals surface area contributed by atoms with Gasteiger partial charge in [0.2, 0.25) is 11.8 Å². The molecule has 0 bridgehead atoms. The Balaban J connectivity index is 1.67. The van der Waals surface area contributed by atoms with Gasteiger partial charge in [-0.15, -0.1) is 11.3 Å². The molecule has 1 aliphatic rings. The van der Waals surface area contributed by atoms with E-state index >= 15 is 0 Å². The third kappa shape index (κ3) is 7.33. The maximum absolute atomic E-state index is 12.4. The fourth-order valence-electron chi connectivity index (χ4n) is 3.26. The molecular weight excluding hydrogens is 362 g/mol. The van der Waals surface area contributed by atoms with Crippen LogP contribution in [0.2, 0.25) is 0 Å². The highest BCUT2D eigenvalue weighted by Gasteiger charge is 2.28. The van der Waals surface area contributed by atoms with Crippen molar-refractivity contribution in [3.05, 3.63) is 22.4 Å². The number of hydrogen-bond donors (Lipinski definition) is 2. The first-order chi connectivity index (χ1) is 13.1.